The van der Waals surface area contributed by atoms with E-state index < -0.39 is 34.4 Å². The Balaban J connectivity index is 2.91. The summed E-state index contributed by atoms with van der Waals surface area (Å²) in [6, 6.07) is 7.02. The van der Waals surface area contributed by atoms with E-state index in [-0.39, 0.29) is 5.56 Å². The third-order valence-corrected chi connectivity index (χ3v) is 3.01. The predicted octanol–water partition coefficient (Wildman–Crippen LogP) is 2.61. The Bertz CT molecular complexity index is 453. The standard InChI is InChI=1S/C10H11F3O3S/c11-10(12,13)9(6-7-17(14,15)16)8-4-2-1-3-5-8/h1-5,9H,6-7H2,(H,14,15,16). The van der Waals surface area contributed by atoms with Crippen molar-refractivity contribution in [1.29, 1.82) is 0 Å². The van der Waals surface area contributed by atoms with Gasteiger partial charge in [-0.05, 0) is 12.0 Å². The normalized spacial score (nSPS) is 14.6. The Labute approximate surface area is 97.0 Å². The van der Waals surface area contributed by atoms with Gasteiger partial charge in [0.1, 0.15) is 0 Å². The van der Waals surface area contributed by atoms with Crippen molar-refractivity contribution in [3.8, 4) is 0 Å². The largest absolute Gasteiger partial charge is 0.395 e. The van der Waals surface area contributed by atoms with Crippen molar-refractivity contribution >= 4 is 10.1 Å². The topological polar surface area (TPSA) is 54.4 Å². The fraction of sp³-hybridized carbons (Fsp3) is 0.400. The molecule has 1 aromatic carbocycles. The first-order valence-electron chi connectivity index (χ1n) is 4.77. The van der Waals surface area contributed by atoms with Crippen LogP contribution in [0.3, 0.4) is 0 Å². The van der Waals surface area contributed by atoms with Crippen molar-refractivity contribution in [1.82, 2.24) is 0 Å². The van der Waals surface area contributed by atoms with E-state index in [9.17, 15) is 21.6 Å². The maximum absolute atomic E-state index is 12.7. The first-order chi connectivity index (χ1) is 7.70. The van der Waals surface area contributed by atoms with Crippen LogP contribution in [-0.2, 0) is 10.1 Å². The summed E-state index contributed by atoms with van der Waals surface area (Å²) in [4.78, 5) is 0. The van der Waals surface area contributed by atoms with Crippen LogP contribution in [0.5, 0.6) is 0 Å². The summed E-state index contributed by atoms with van der Waals surface area (Å²) in [5, 5.41) is 0. The summed E-state index contributed by atoms with van der Waals surface area (Å²) >= 11 is 0. The summed E-state index contributed by atoms with van der Waals surface area (Å²) in [6.07, 6.45) is -5.22. The number of benzene rings is 1. The van der Waals surface area contributed by atoms with E-state index in [2.05, 4.69) is 0 Å². The van der Waals surface area contributed by atoms with E-state index in [0.29, 0.717) is 0 Å². The van der Waals surface area contributed by atoms with Gasteiger partial charge in [-0.3, -0.25) is 4.55 Å². The smallest absolute Gasteiger partial charge is 0.286 e. The van der Waals surface area contributed by atoms with Gasteiger partial charge in [0.05, 0.1) is 11.7 Å². The van der Waals surface area contributed by atoms with Gasteiger partial charge in [-0.25, -0.2) is 0 Å². The molecule has 0 aliphatic heterocycles. The molecule has 3 nitrogen and oxygen atoms in total. The van der Waals surface area contributed by atoms with E-state index in [1.807, 2.05) is 0 Å². The average Bonchev–Trinajstić information content (AvgIpc) is 2.15. The van der Waals surface area contributed by atoms with Crippen molar-refractivity contribution in [3.63, 3.8) is 0 Å². The van der Waals surface area contributed by atoms with E-state index in [1.165, 1.54) is 24.3 Å². The van der Waals surface area contributed by atoms with Crippen molar-refractivity contribution in [2.45, 2.75) is 18.5 Å². The molecule has 0 aliphatic carbocycles. The van der Waals surface area contributed by atoms with Gasteiger partial charge >= 0.3 is 6.18 Å². The molecular formula is C10H11F3O3S. The van der Waals surface area contributed by atoms with Gasteiger partial charge in [-0.1, -0.05) is 30.3 Å². The van der Waals surface area contributed by atoms with Crippen LogP contribution in [0.25, 0.3) is 0 Å². The van der Waals surface area contributed by atoms with Crippen LogP contribution in [-0.4, -0.2) is 24.9 Å². The summed E-state index contributed by atoms with van der Waals surface area (Å²) < 4.78 is 67.6. The summed E-state index contributed by atoms with van der Waals surface area (Å²) in [7, 11) is -4.39. The van der Waals surface area contributed by atoms with Crippen molar-refractivity contribution in [2.75, 3.05) is 5.75 Å². The van der Waals surface area contributed by atoms with E-state index in [1.54, 1.807) is 6.07 Å². The van der Waals surface area contributed by atoms with Crippen LogP contribution < -0.4 is 0 Å². The van der Waals surface area contributed by atoms with Gasteiger partial charge in [0.2, 0.25) is 0 Å². The molecule has 0 amide bonds. The maximum atomic E-state index is 12.7. The van der Waals surface area contributed by atoms with Crippen molar-refractivity contribution in [2.24, 2.45) is 0 Å². The number of halogens is 3. The van der Waals surface area contributed by atoms with Crippen LogP contribution in [0, 0.1) is 0 Å². The molecule has 1 N–H and O–H groups in total. The zero-order valence-electron chi connectivity index (χ0n) is 8.68. The molecule has 17 heavy (non-hydrogen) atoms. The minimum Gasteiger partial charge on any atom is -0.286 e. The molecule has 7 heteroatoms. The van der Waals surface area contributed by atoms with Gasteiger partial charge in [0.25, 0.3) is 10.1 Å². The van der Waals surface area contributed by atoms with Crippen LogP contribution in [0.4, 0.5) is 13.2 Å². The third-order valence-electron chi connectivity index (χ3n) is 2.26. The Hall–Kier alpha value is -1.08. The average molecular weight is 268 g/mol. The molecule has 0 aromatic heterocycles. The highest BCUT2D eigenvalue weighted by Crippen LogP contribution is 2.37. The number of rotatable bonds is 4. The highest BCUT2D eigenvalue weighted by atomic mass is 32.2. The van der Waals surface area contributed by atoms with Gasteiger partial charge in [0, 0.05) is 0 Å². The minimum atomic E-state index is -4.54. The van der Waals surface area contributed by atoms with Crippen LogP contribution in [0.15, 0.2) is 30.3 Å². The molecule has 0 aliphatic rings. The summed E-state index contributed by atoms with van der Waals surface area (Å²) in [5.74, 6) is -2.79. The third kappa shape index (κ3) is 4.74. The SMILES string of the molecule is O=S(=O)(O)CCC(c1ccccc1)C(F)(F)F. The van der Waals surface area contributed by atoms with E-state index >= 15 is 0 Å². The fourth-order valence-electron chi connectivity index (χ4n) is 1.47. The number of hydrogen-bond acceptors (Lipinski definition) is 2. The maximum Gasteiger partial charge on any atom is 0.395 e. The lowest BCUT2D eigenvalue weighted by Gasteiger charge is -2.19. The highest BCUT2D eigenvalue weighted by molar-refractivity contribution is 7.85. The molecule has 1 atom stereocenters. The molecule has 0 spiro atoms. The Morgan fingerprint density at radius 3 is 2.12 bits per heavy atom. The summed E-state index contributed by atoms with van der Waals surface area (Å²) in [6.45, 7) is 0. The lowest BCUT2D eigenvalue weighted by Crippen LogP contribution is -2.23. The van der Waals surface area contributed by atoms with Crippen LogP contribution in [0.2, 0.25) is 0 Å². The molecule has 1 unspecified atom stereocenters. The zero-order chi connectivity index (χ0) is 13.1. The van der Waals surface area contributed by atoms with Crippen LogP contribution in [0.1, 0.15) is 17.9 Å². The predicted molar refractivity (Wildman–Crippen MR) is 56.3 cm³/mol. The first kappa shape index (κ1) is 14.0. The van der Waals surface area contributed by atoms with Gasteiger partial charge in [0.15, 0.2) is 0 Å². The van der Waals surface area contributed by atoms with E-state index in [4.69, 9.17) is 4.55 Å². The lowest BCUT2D eigenvalue weighted by molar-refractivity contribution is -0.150. The quantitative estimate of drug-likeness (QED) is 0.854. The second-order valence-electron chi connectivity index (χ2n) is 3.58. The molecule has 96 valence electrons. The van der Waals surface area contributed by atoms with Crippen molar-refractivity contribution in [3.05, 3.63) is 35.9 Å². The van der Waals surface area contributed by atoms with Gasteiger partial charge in [-0.15, -0.1) is 0 Å². The first-order valence-corrected chi connectivity index (χ1v) is 6.38. The highest BCUT2D eigenvalue weighted by Gasteiger charge is 2.40. The van der Waals surface area contributed by atoms with Crippen molar-refractivity contribution < 1.29 is 26.1 Å². The van der Waals surface area contributed by atoms with Crippen LogP contribution >= 0.6 is 0 Å². The molecule has 0 fully saturated rings. The van der Waals surface area contributed by atoms with Gasteiger partial charge in [-0.2, -0.15) is 21.6 Å². The van der Waals surface area contributed by atoms with E-state index in [0.717, 1.165) is 0 Å². The zero-order valence-corrected chi connectivity index (χ0v) is 9.50. The second kappa shape index (κ2) is 5.05. The fourth-order valence-corrected chi connectivity index (χ4v) is 2.01. The molecule has 0 saturated heterocycles. The minimum absolute atomic E-state index is 0.0105. The summed E-state index contributed by atoms with van der Waals surface area (Å²) in [5.41, 5.74) is -0.0105. The lowest BCUT2D eigenvalue weighted by atomic mass is 9.96. The Kier molecular flexibility index (Phi) is 4.16. The Morgan fingerprint density at radius 1 is 1.18 bits per heavy atom. The molecule has 0 radical (unpaired) electrons. The number of hydrogen-bond donors (Lipinski definition) is 1. The number of alkyl halides is 3. The molecular weight excluding hydrogens is 257 g/mol. The Morgan fingerprint density at radius 2 is 1.71 bits per heavy atom. The molecule has 0 saturated carbocycles. The molecule has 0 bridgehead atoms. The van der Waals surface area contributed by atoms with Gasteiger partial charge < -0.3 is 0 Å². The molecule has 1 rings (SSSR count). The monoisotopic (exact) mass is 268 g/mol. The molecule has 0 heterocycles. The molecule has 1 aromatic rings. The second-order valence-corrected chi connectivity index (χ2v) is 5.15.